The summed E-state index contributed by atoms with van der Waals surface area (Å²) >= 11 is 0. The zero-order chi connectivity index (χ0) is 19.2. The van der Waals surface area contributed by atoms with Crippen molar-refractivity contribution in [2.45, 2.75) is 39.0 Å². The second-order valence-electron chi connectivity index (χ2n) is 6.94. The number of ether oxygens (including phenoxy) is 1. The molecule has 1 aliphatic rings. The summed E-state index contributed by atoms with van der Waals surface area (Å²) in [6.45, 7) is 5.81. The number of likely N-dealkylation sites (tertiary alicyclic amines) is 1. The standard InChI is InChI=1S/C20H27N5O2/c1-14-6-4-8-18(21-14)24-19-12-17(22-15(2)23-19)16-7-5-10-25(13-16)20(26)9-11-27-3/h4,6,8,12,16H,5,7,9-11,13H2,1-3H3,(H,21,22,23,24)/t16-/m0/s1. The Morgan fingerprint density at radius 1 is 1.26 bits per heavy atom. The number of hydrogen-bond acceptors (Lipinski definition) is 6. The Morgan fingerprint density at radius 3 is 2.89 bits per heavy atom. The Morgan fingerprint density at radius 2 is 2.11 bits per heavy atom. The first kappa shape index (κ1) is 19.2. The minimum absolute atomic E-state index is 0.148. The van der Waals surface area contributed by atoms with Crippen molar-refractivity contribution >= 4 is 17.5 Å². The summed E-state index contributed by atoms with van der Waals surface area (Å²) in [7, 11) is 1.62. The molecule has 0 saturated carbocycles. The van der Waals surface area contributed by atoms with Crippen molar-refractivity contribution in [3.05, 3.63) is 41.5 Å². The van der Waals surface area contributed by atoms with Crippen molar-refractivity contribution in [2.75, 3.05) is 32.1 Å². The number of nitrogens with one attached hydrogen (secondary N) is 1. The molecule has 2 aromatic heterocycles. The zero-order valence-electron chi connectivity index (χ0n) is 16.2. The van der Waals surface area contributed by atoms with Crippen molar-refractivity contribution < 1.29 is 9.53 Å². The Hall–Kier alpha value is -2.54. The van der Waals surface area contributed by atoms with E-state index >= 15 is 0 Å². The van der Waals surface area contributed by atoms with Crippen molar-refractivity contribution in [3.8, 4) is 0 Å². The van der Waals surface area contributed by atoms with Gasteiger partial charge in [-0.1, -0.05) is 6.07 Å². The molecule has 0 spiro atoms. The van der Waals surface area contributed by atoms with Crippen LogP contribution in [0.1, 0.15) is 42.4 Å². The maximum atomic E-state index is 12.3. The molecule has 144 valence electrons. The highest BCUT2D eigenvalue weighted by atomic mass is 16.5. The molecule has 2 aromatic rings. The van der Waals surface area contributed by atoms with Crippen molar-refractivity contribution in [1.29, 1.82) is 0 Å². The maximum absolute atomic E-state index is 12.3. The van der Waals surface area contributed by atoms with E-state index in [1.165, 1.54) is 0 Å². The van der Waals surface area contributed by atoms with Crippen molar-refractivity contribution in [2.24, 2.45) is 0 Å². The quantitative estimate of drug-likeness (QED) is 0.843. The Kier molecular flexibility index (Phi) is 6.34. The molecule has 7 heteroatoms. The molecule has 1 saturated heterocycles. The number of amides is 1. The van der Waals surface area contributed by atoms with E-state index in [1.807, 2.05) is 43.0 Å². The van der Waals surface area contributed by atoms with E-state index < -0.39 is 0 Å². The fourth-order valence-electron chi connectivity index (χ4n) is 3.40. The van der Waals surface area contributed by atoms with Crippen LogP contribution >= 0.6 is 0 Å². The van der Waals surface area contributed by atoms with Gasteiger partial charge >= 0.3 is 0 Å². The Labute approximate surface area is 160 Å². The number of piperidine rings is 1. The summed E-state index contributed by atoms with van der Waals surface area (Å²) in [5.74, 6) is 2.58. The van der Waals surface area contributed by atoms with Gasteiger partial charge in [0, 0.05) is 37.9 Å². The van der Waals surface area contributed by atoms with E-state index in [0.717, 1.165) is 42.4 Å². The van der Waals surface area contributed by atoms with E-state index in [4.69, 9.17) is 4.74 Å². The summed E-state index contributed by atoms with van der Waals surface area (Å²) in [6, 6.07) is 7.81. The van der Waals surface area contributed by atoms with Gasteiger partial charge in [-0.2, -0.15) is 0 Å². The van der Waals surface area contributed by atoms with Crippen LogP contribution in [0.15, 0.2) is 24.3 Å². The first-order valence-corrected chi connectivity index (χ1v) is 9.38. The molecule has 0 radical (unpaired) electrons. The lowest BCUT2D eigenvalue weighted by atomic mass is 9.94. The second kappa shape index (κ2) is 8.90. The number of aromatic nitrogens is 3. The van der Waals surface area contributed by atoms with Gasteiger partial charge in [0.1, 0.15) is 17.5 Å². The molecule has 3 rings (SSSR count). The van der Waals surface area contributed by atoms with Crippen molar-refractivity contribution in [3.63, 3.8) is 0 Å². The lowest BCUT2D eigenvalue weighted by Gasteiger charge is -2.32. The highest BCUT2D eigenvalue weighted by Gasteiger charge is 2.26. The lowest BCUT2D eigenvalue weighted by molar-refractivity contribution is -0.133. The third kappa shape index (κ3) is 5.23. The van der Waals surface area contributed by atoms with Gasteiger partial charge in [0.15, 0.2) is 0 Å². The predicted molar refractivity (Wildman–Crippen MR) is 104 cm³/mol. The van der Waals surface area contributed by atoms with Gasteiger partial charge in [-0.15, -0.1) is 0 Å². The summed E-state index contributed by atoms with van der Waals surface area (Å²) in [5.41, 5.74) is 1.92. The lowest BCUT2D eigenvalue weighted by Crippen LogP contribution is -2.39. The van der Waals surface area contributed by atoms with E-state index in [1.54, 1.807) is 7.11 Å². The van der Waals surface area contributed by atoms with Gasteiger partial charge in [0.05, 0.1) is 18.7 Å². The average molecular weight is 369 g/mol. The SMILES string of the molecule is COCCC(=O)N1CCC[C@H](c2cc(Nc3cccc(C)n3)nc(C)n2)C1. The fraction of sp³-hybridized carbons (Fsp3) is 0.500. The molecule has 1 fully saturated rings. The number of hydrogen-bond donors (Lipinski definition) is 1. The zero-order valence-corrected chi connectivity index (χ0v) is 16.2. The monoisotopic (exact) mass is 369 g/mol. The number of rotatable bonds is 6. The number of anilines is 2. The number of methoxy groups -OCH3 is 1. The van der Waals surface area contributed by atoms with Crippen LogP contribution in [-0.2, 0) is 9.53 Å². The second-order valence-corrected chi connectivity index (χ2v) is 6.94. The van der Waals surface area contributed by atoms with Crippen LogP contribution in [0, 0.1) is 13.8 Å². The topological polar surface area (TPSA) is 80.2 Å². The van der Waals surface area contributed by atoms with Crippen LogP contribution in [-0.4, -0.2) is 52.6 Å². The molecule has 27 heavy (non-hydrogen) atoms. The maximum Gasteiger partial charge on any atom is 0.224 e. The molecule has 1 atom stereocenters. The summed E-state index contributed by atoms with van der Waals surface area (Å²) in [6.07, 6.45) is 2.43. The van der Waals surface area contributed by atoms with Crippen LogP contribution < -0.4 is 5.32 Å². The summed E-state index contributed by atoms with van der Waals surface area (Å²) in [4.78, 5) is 27.9. The van der Waals surface area contributed by atoms with Crippen LogP contribution in [0.3, 0.4) is 0 Å². The normalized spacial score (nSPS) is 17.0. The first-order chi connectivity index (χ1) is 13.0. The predicted octanol–water partition coefficient (Wildman–Crippen LogP) is 2.97. The summed E-state index contributed by atoms with van der Waals surface area (Å²) < 4.78 is 5.03. The van der Waals surface area contributed by atoms with Crippen LogP contribution in [0.4, 0.5) is 11.6 Å². The van der Waals surface area contributed by atoms with Gasteiger partial charge in [-0.25, -0.2) is 15.0 Å². The third-order valence-corrected chi connectivity index (χ3v) is 4.71. The molecule has 0 unspecified atom stereocenters. The average Bonchev–Trinajstić information content (AvgIpc) is 2.66. The number of carbonyl (C=O) groups excluding carboxylic acids is 1. The molecule has 1 aliphatic heterocycles. The van der Waals surface area contributed by atoms with Crippen LogP contribution in [0.5, 0.6) is 0 Å². The molecule has 0 aromatic carbocycles. The molecule has 1 N–H and O–H groups in total. The van der Waals surface area contributed by atoms with Crippen molar-refractivity contribution in [1.82, 2.24) is 19.9 Å². The smallest absolute Gasteiger partial charge is 0.224 e. The van der Waals surface area contributed by atoms with E-state index in [-0.39, 0.29) is 11.8 Å². The number of carbonyl (C=O) groups is 1. The first-order valence-electron chi connectivity index (χ1n) is 9.38. The molecule has 0 bridgehead atoms. The molecule has 0 aliphatic carbocycles. The molecule has 1 amide bonds. The highest BCUT2D eigenvalue weighted by Crippen LogP contribution is 2.28. The summed E-state index contributed by atoms with van der Waals surface area (Å²) in [5, 5.41) is 3.27. The Balaban J connectivity index is 1.74. The van der Waals surface area contributed by atoms with Gasteiger partial charge in [-0.05, 0) is 38.8 Å². The Bertz CT molecular complexity index is 796. The third-order valence-electron chi connectivity index (χ3n) is 4.71. The van der Waals surface area contributed by atoms with Gasteiger partial charge < -0.3 is 15.0 Å². The molecular weight excluding hydrogens is 342 g/mol. The number of aryl methyl sites for hydroxylation is 2. The van der Waals surface area contributed by atoms with E-state index in [0.29, 0.717) is 25.4 Å². The highest BCUT2D eigenvalue weighted by molar-refractivity contribution is 5.76. The van der Waals surface area contributed by atoms with E-state index in [2.05, 4.69) is 20.3 Å². The minimum Gasteiger partial charge on any atom is -0.384 e. The van der Waals surface area contributed by atoms with Gasteiger partial charge in [-0.3, -0.25) is 4.79 Å². The van der Waals surface area contributed by atoms with Gasteiger partial charge in [0.25, 0.3) is 0 Å². The molecule has 7 nitrogen and oxygen atoms in total. The molecule has 3 heterocycles. The number of pyridine rings is 1. The fourth-order valence-corrected chi connectivity index (χ4v) is 3.40. The minimum atomic E-state index is 0.148. The number of nitrogens with zero attached hydrogens (tertiary/aromatic N) is 4. The van der Waals surface area contributed by atoms with Crippen LogP contribution in [0.25, 0.3) is 0 Å². The van der Waals surface area contributed by atoms with Crippen LogP contribution in [0.2, 0.25) is 0 Å². The van der Waals surface area contributed by atoms with Gasteiger partial charge in [0.2, 0.25) is 5.91 Å². The largest absolute Gasteiger partial charge is 0.384 e. The van der Waals surface area contributed by atoms with E-state index in [9.17, 15) is 4.79 Å². The molecular formula is C20H27N5O2.